The number of nitriles is 1. The number of β-amino-alcohol motifs (C(OH)–C–C–N with tert-alkyl or cyclic N) is 1. The van der Waals surface area contributed by atoms with Crippen LogP contribution in [0.25, 0.3) is 0 Å². The van der Waals surface area contributed by atoms with Gasteiger partial charge in [-0.2, -0.15) is 5.26 Å². The van der Waals surface area contributed by atoms with Crippen LogP contribution < -0.4 is 14.9 Å². The molecule has 1 fully saturated rings. The number of aliphatic hydroxyl groups excluding tert-OH is 1. The average Bonchev–Trinajstić information content (AvgIpc) is 2.90. The van der Waals surface area contributed by atoms with Crippen LogP contribution in [0.1, 0.15) is 32.3 Å². The molecular formula is C26H34Cl2N4O5S. The molecule has 3 N–H and O–H groups in total. The van der Waals surface area contributed by atoms with Gasteiger partial charge in [-0.25, -0.2) is 13.4 Å². The number of benzene rings is 2. The summed E-state index contributed by atoms with van der Waals surface area (Å²) in [5, 5.41) is 22.2. The number of ether oxygens (including phenoxy) is 2. The van der Waals surface area contributed by atoms with Crippen LogP contribution in [0.15, 0.2) is 59.5 Å². The molecule has 0 radical (unpaired) electrons. The van der Waals surface area contributed by atoms with Gasteiger partial charge >= 0.3 is 0 Å². The summed E-state index contributed by atoms with van der Waals surface area (Å²) in [7, 11) is -4.00. The van der Waals surface area contributed by atoms with Crippen molar-refractivity contribution in [2.24, 2.45) is 0 Å². The molecule has 0 aromatic heterocycles. The molecule has 3 rings (SSSR count). The second-order valence-electron chi connectivity index (χ2n) is 9.77. The monoisotopic (exact) mass is 584 g/mol. The fourth-order valence-electron chi connectivity index (χ4n) is 3.89. The lowest BCUT2D eigenvalue weighted by Gasteiger charge is -2.38. The van der Waals surface area contributed by atoms with Crippen molar-refractivity contribution in [3.05, 3.63) is 60.2 Å². The van der Waals surface area contributed by atoms with Crippen LogP contribution in [-0.2, 0) is 21.2 Å². The number of morpholine rings is 1. The summed E-state index contributed by atoms with van der Waals surface area (Å²) in [6, 6.07) is 17.8. The standard InChI is InChI=1S/C26H34Cl2N4O5S/c1-25(2,14-6-9-20-7-4-3-5-8-20)30-17-21(33)18-36-22-10-12-23(13-11-22)38(34,35)31-32-15-16-37-26(28,19-29)24(32)27/h3-5,7-8,10-13,21,24,30-31,33H,6,9,14-18H2,1-2H3/t21-,24?,26?/m1/s1. The number of aliphatic hydroxyl groups is 1. The predicted octanol–water partition coefficient (Wildman–Crippen LogP) is 3.37. The Morgan fingerprint density at radius 3 is 2.61 bits per heavy atom. The molecule has 38 heavy (non-hydrogen) atoms. The van der Waals surface area contributed by atoms with Gasteiger partial charge in [-0.1, -0.05) is 53.5 Å². The lowest BCUT2D eigenvalue weighted by Crippen LogP contribution is -2.59. The predicted molar refractivity (Wildman–Crippen MR) is 146 cm³/mol. The van der Waals surface area contributed by atoms with E-state index in [1.807, 2.05) is 18.2 Å². The van der Waals surface area contributed by atoms with E-state index in [1.54, 1.807) is 6.07 Å². The van der Waals surface area contributed by atoms with Gasteiger partial charge in [0.1, 0.15) is 24.5 Å². The molecule has 0 aliphatic carbocycles. The topological polar surface area (TPSA) is 124 Å². The van der Waals surface area contributed by atoms with Crippen LogP contribution in [0.4, 0.5) is 0 Å². The van der Waals surface area contributed by atoms with Crippen molar-refractivity contribution in [1.29, 1.82) is 5.26 Å². The van der Waals surface area contributed by atoms with Crippen LogP contribution in [0.2, 0.25) is 0 Å². The molecule has 2 unspecified atom stereocenters. The number of alkyl halides is 2. The summed E-state index contributed by atoms with van der Waals surface area (Å²) in [5.41, 5.74) is -0.0614. The van der Waals surface area contributed by atoms with Gasteiger partial charge in [-0.15, -0.1) is 4.83 Å². The molecule has 208 valence electrons. The van der Waals surface area contributed by atoms with Crippen LogP contribution in [-0.4, -0.2) is 67.0 Å². The van der Waals surface area contributed by atoms with Gasteiger partial charge in [0.05, 0.1) is 11.5 Å². The number of hydrazine groups is 1. The molecule has 3 atom stereocenters. The number of sulfonamides is 1. The summed E-state index contributed by atoms with van der Waals surface area (Å²) < 4.78 is 36.4. The van der Waals surface area contributed by atoms with Crippen molar-refractivity contribution in [1.82, 2.24) is 15.2 Å². The molecule has 1 heterocycles. The van der Waals surface area contributed by atoms with Crippen molar-refractivity contribution in [2.75, 3.05) is 26.3 Å². The highest BCUT2D eigenvalue weighted by Crippen LogP contribution is 2.31. The Labute approximate surface area is 234 Å². The van der Waals surface area contributed by atoms with E-state index in [9.17, 15) is 18.8 Å². The smallest absolute Gasteiger partial charge is 0.260 e. The van der Waals surface area contributed by atoms with Crippen molar-refractivity contribution in [3.63, 3.8) is 0 Å². The van der Waals surface area contributed by atoms with Gasteiger partial charge in [0.25, 0.3) is 15.1 Å². The zero-order chi connectivity index (χ0) is 27.8. The van der Waals surface area contributed by atoms with E-state index in [4.69, 9.17) is 32.7 Å². The number of rotatable bonds is 13. The van der Waals surface area contributed by atoms with E-state index < -0.39 is 26.7 Å². The SMILES string of the molecule is CC(C)(CCCc1ccccc1)NC[C@@H](O)COc1ccc(S(=O)(=O)NN2CCOC(Cl)(C#N)C2Cl)cc1. The Kier molecular flexibility index (Phi) is 10.8. The number of halogens is 2. The highest BCUT2D eigenvalue weighted by atomic mass is 35.5. The first-order valence-corrected chi connectivity index (χ1v) is 14.6. The van der Waals surface area contributed by atoms with Gasteiger partial charge in [-0.05, 0) is 62.9 Å². The lowest BCUT2D eigenvalue weighted by atomic mass is 9.95. The highest BCUT2D eigenvalue weighted by molar-refractivity contribution is 7.89. The van der Waals surface area contributed by atoms with Crippen LogP contribution >= 0.6 is 23.2 Å². The minimum absolute atomic E-state index is 0.0254. The molecule has 12 heteroatoms. The van der Waals surface area contributed by atoms with Crippen LogP contribution in [0.5, 0.6) is 5.75 Å². The second kappa shape index (κ2) is 13.4. The van der Waals surface area contributed by atoms with Gasteiger partial charge in [-0.3, -0.25) is 0 Å². The molecule has 1 aliphatic heterocycles. The zero-order valence-electron chi connectivity index (χ0n) is 21.4. The fraction of sp³-hybridized carbons (Fsp3) is 0.500. The first kappa shape index (κ1) is 30.6. The molecule has 0 bridgehead atoms. The van der Waals surface area contributed by atoms with Crippen molar-refractivity contribution in [2.45, 2.75) is 60.2 Å². The third-order valence-electron chi connectivity index (χ3n) is 6.12. The van der Waals surface area contributed by atoms with Crippen LogP contribution in [0, 0.1) is 11.3 Å². The molecule has 1 saturated heterocycles. The maximum atomic E-state index is 12.8. The van der Waals surface area contributed by atoms with E-state index >= 15 is 0 Å². The minimum Gasteiger partial charge on any atom is -0.491 e. The summed E-state index contributed by atoms with van der Waals surface area (Å²) in [4.78, 5) is 2.31. The summed E-state index contributed by atoms with van der Waals surface area (Å²) >= 11 is 12.2. The minimum atomic E-state index is -4.00. The molecule has 1 aliphatic rings. The highest BCUT2D eigenvalue weighted by Gasteiger charge is 2.46. The lowest BCUT2D eigenvalue weighted by molar-refractivity contribution is -0.0492. The van der Waals surface area contributed by atoms with Gasteiger partial charge in [0.2, 0.25) is 0 Å². The first-order valence-electron chi connectivity index (χ1n) is 12.3. The van der Waals surface area contributed by atoms with E-state index in [0.29, 0.717) is 12.3 Å². The number of hydrogen-bond acceptors (Lipinski definition) is 8. The third-order valence-corrected chi connectivity index (χ3v) is 8.54. The van der Waals surface area contributed by atoms with Crippen molar-refractivity contribution in [3.8, 4) is 11.8 Å². The number of nitrogens with zero attached hydrogens (tertiary/aromatic N) is 2. The first-order chi connectivity index (χ1) is 17.9. The van der Waals surface area contributed by atoms with Gasteiger partial charge in [0.15, 0.2) is 5.50 Å². The number of aryl methyl sites for hydroxylation is 1. The summed E-state index contributed by atoms with van der Waals surface area (Å²) in [6.45, 7) is 4.76. The number of hydrogen-bond donors (Lipinski definition) is 3. The Morgan fingerprint density at radius 1 is 1.26 bits per heavy atom. The maximum Gasteiger partial charge on any atom is 0.260 e. The van der Waals surface area contributed by atoms with Gasteiger partial charge in [0, 0.05) is 18.6 Å². The Morgan fingerprint density at radius 2 is 1.95 bits per heavy atom. The maximum absolute atomic E-state index is 12.8. The third kappa shape index (κ3) is 8.79. The van der Waals surface area contributed by atoms with Gasteiger partial charge < -0.3 is 19.9 Å². The molecule has 0 amide bonds. The van der Waals surface area contributed by atoms with E-state index in [1.165, 1.54) is 29.8 Å². The Balaban J connectivity index is 1.43. The van der Waals surface area contributed by atoms with E-state index in [2.05, 4.69) is 36.1 Å². The fourth-order valence-corrected chi connectivity index (χ4v) is 5.50. The second-order valence-corrected chi connectivity index (χ2v) is 12.4. The zero-order valence-corrected chi connectivity index (χ0v) is 23.8. The van der Waals surface area contributed by atoms with Crippen LogP contribution in [0.3, 0.4) is 0 Å². The number of nitrogens with one attached hydrogen (secondary N) is 2. The summed E-state index contributed by atoms with van der Waals surface area (Å²) in [5.74, 6) is 0.413. The average molecular weight is 586 g/mol. The largest absolute Gasteiger partial charge is 0.491 e. The molecule has 0 spiro atoms. The molecule has 2 aromatic rings. The van der Waals surface area contributed by atoms with Crippen molar-refractivity contribution >= 4 is 33.2 Å². The quantitative estimate of drug-likeness (QED) is 0.242. The van der Waals surface area contributed by atoms with Crippen molar-refractivity contribution < 1.29 is 23.0 Å². The van der Waals surface area contributed by atoms with E-state index in [-0.39, 0.29) is 30.2 Å². The van der Waals surface area contributed by atoms with E-state index in [0.717, 1.165) is 24.3 Å². The molecule has 0 saturated carbocycles. The Hall–Kier alpha value is -1.94. The normalized spacial score (nSPS) is 21.5. The molecular weight excluding hydrogens is 551 g/mol. The summed E-state index contributed by atoms with van der Waals surface area (Å²) in [6.07, 6.45) is 2.25. The Bertz CT molecular complexity index is 1180. The molecule has 2 aromatic carbocycles. The molecule has 9 nitrogen and oxygen atoms in total.